The second kappa shape index (κ2) is 19.3. The zero-order valence-electron chi connectivity index (χ0n) is 31.2. The van der Waals surface area contributed by atoms with E-state index in [2.05, 4.69) is 4.74 Å². The first-order valence-corrected chi connectivity index (χ1v) is 19.7. The first-order valence-electron chi connectivity index (χ1n) is 17.9. The van der Waals surface area contributed by atoms with Crippen LogP contribution in [0.3, 0.4) is 0 Å². The number of halogens is 4. The Hall–Kier alpha value is -4.45. The van der Waals surface area contributed by atoms with Crippen molar-refractivity contribution in [2.45, 2.75) is 77.6 Å². The maximum Gasteiger partial charge on any atom is 0.387 e. The molecule has 0 amide bonds. The Balaban J connectivity index is 1.31. The summed E-state index contributed by atoms with van der Waals surface area (Å²) in [5.41, 5.74) is -0.122. The van der Waals surface area contributed by atoms with E-state index in [1.165, 1.54) is 36.4 Å². The summed E-state index contributed by atoms with van der Waals surface area (Å²) in [6.07, 6.45) is 4.06. The van der Waals surface area contributed by atoms with Gasteiger partial charge in [0.15, 0.2) is 30.5 Å². The molecule has 0 saturated heterocycles. The van der Waals surface area contributed by atoms with Crippen molar-refractivity contribution >= 4 is 58.1 Å². The van der Waals surface area contributed by atoms with E-state index in [9.17, 15) is 37.1 Å². The predicted octanol–water partition coefficient (Wildman–Crippen LogP) is 6.36. The summed E-state index contributed by atoms with van der Waals surface area (Å²) in [5.74, 6) is -2.24. The largest absolute Gasteiger partial charge is 0.755 e. The third-order valence-corrected chi connectivity index (χ3v) is 9.82. The molecule has 0 radical (unpaired) electrons. The summed E-state index contributed by atoms with van der Waals surface area (Å²) in [7, 11) is 0. The van der Waals surface area contributed by atoms with E-state index in [1.807, 2.05) is 0 Å². The monoisotopic (exact) mass is 857 g/mol. The average molecular weight is 859 g/mol. The number of rotatable bonds is 20. The first-order chi connectivity index (χ1) is 26.9. The third-order valence-electron chi connectivity index (χ3n) is 8.48. The maximum atomic E-state index is 13.2. The van der Waals surface area contributed by atoms with Crippen LogP contribution in [0.15, 0.2) is 48.8 Å². The summed E-state index contributed by atoms with van der Waals surface area (Å²) in [6, 6.07) is 8.34. The minimum Gasteiger partial charge on any atom is -0.755 e. The fourth-order valence-electron chi connectivity index (χ4n) is 5.40. The summed E-state index contributed by atoms with van der Waals surface area (Å²) in [4.78, 5) is 38.8. The fraction of sp³-hybridized carbons (Fsp3) is 0.474. The van der Waals surface area contributed by atoms with Gasteiger partial charge in [0, 0.05) is 23.3 Å². The van der Waals surface area contributed by atoms with Crippen LogP contribution in [-0.4, -0.2) is 65.2 Å². The van der Waals surface area contributed by atoms with E-state index >= 15 is 0 Å². The highest BCUT2D eigenvalue weighted by atomic mass is 35.5. The number of hydrogen-bond donors (Lipinski definition) is 0. The molecule has 1 aromatic heterocycles. The van der Waals surface area contributed by atoms with Crippen LogP contribution in [0.25, 0.3) is 0 Å². The molecule has 0 N–H and O–H groups in total. The molecule has 14 nitrogen and oxygen atoms in total. The number of anilines is 1. The Labute approximate surface area is 340 Å². The van der Waals surface area contributed by atoms with Crippen LogP contribution in [0.2, 0.25) is 10.0 Å². The highest BCUT2D eigenvalue weighted by Gasteiger charge is 2.28. The number of nitrogens with zero attached hydrogens (tertiary/aromatic N) is 2. The molecular formula is C38H41Cl2F2N2O12S-. The lowest BCUT2D eigenvalue weighted by Gasteiger charge is -2.29. The minimum atomic E-state index is -3.14. The molecule has 57 heavy (non-hydrogen) atoms. The van der Waals surface area contributed by atoms with E-state index in [0.29, 0.717) is 17.3 Å². The normalized spacial score (nSPS) is 15.0. The van der Waals surface area contributed by atoms with E-state index in [0.717, 1.165) is 42.4 Å². The molecule has 2 atom stereocenters. The maximum absolute atomic E-state index is 13.2. The molecule has 0 bridgehead atoms. The molecule has 2 fully saturated rings. The van der Waals surface area contributed by atoms with E-state index < -0.39 is 67.1 Å². The molecule has 1 heterocycles. The van der Waals surface area contributed by atoms with Gasteiger partial charge in [-0.3, -0.25) is 18.1 Å². The van der Waals surface area contributed by atoms with E-state index in [-0.39, 0.29) is 68.6 Å². The number of alkyl halides is 2. The number of hydrogen-bond acceptors (Lipinski definition) is 12. The molecule has 2 saturated carbocycles. The van der Waals surface area contributed by atoms with Crippen LogP contribution in [0.1, 0.15) is 69.2 Å². The Morgan fingerprint density at radius 2 is 1.53 bits per heavy atom. The van der Waals surface area contributed by atoms with Crippen LogP contribution in [0.4, 0.5) is 14.5 Å². The van der Waals surface area contributed by atoms with Crippen LogP contribution in [0.5, 0.6) is 17.2 Å². The van der Waals surface area contributed by atoms with Gasteiger partial charge in [-0.2, -0.15) is 13.5 Å². The Kier molecular flexibility index (Phi) is 14.8. The molecular weight excluding hydrogens is 817 g/mol. The Morgan fingerprint density at radius 3 is 2.11 bits per heavy atom. The number of pyridine rings is 1. The highest BCUT2D eigenvalue weighted by Crippen LogP contribution is 2.38. The number of ether oxygens (including phenoxy) is 6. The zero-order valence-corrected chi connectivity index (χ0v) is 33.5. The van der Waals surface area contributed by atoms with Crippen molar-refractivity contribution < 1.29 is 65.1 Å². The lowest BCUT2D eigenvalue weighted by Crippen LogP contribution is -2.36. The second-order valence-corrected chi connectivity index (χ2v) is 16.2. The topological polar surface area (TPSA) is 177 Å². The Morgan fingerprint density at radius 1 is 0.912 bits per heavy atom. The quantitative estimate of drug-likeness (QED) is 0.0405. The van der Waals surface area contributed by atoms with Crippen LogP contribution in [0, 0.1) is 17.0 Å². The summed E-state index contributed by atoms with van der Waals surface area (Å²) in [6.45, 7) is 0.822. The molecule has 0 spiro atoms. The fourth-order valence-corrected chi connectivity index (χ4v) is 6.52. The summed E-state index contributed by atoms with van der Waals surface area (Å²) >= 11 is 9.69. The van der Waals surface area contributed by atoms with Crippen molar-refractivity contribution in [3.8, 4) is 17.2 Å². The van der Waals surface area contributed by atoms with Gasteiger partial charge in [0.25, 0.3) is 0 Å². The zero-order chi connectivity index (χ0) is 41.4. The summed E-state index contributed by atoms with van der Waals surface area (Å²) < 4.78 is 84.8. The number of carbonyl (C=O) groups excluding carboxylic acids is 3. The van der Waals surface area contributed by atoms with Gasteiger partial charge in [-0.15, -0.1) is 0 Å². The molecule has 0 aliphatic heterocycles. The molecule has 310 valence electrons. The van der Waals surface area contributed by atoms with Crippen molar-refractivity contribution in [2.24, 2.45) is 11.8 Å². The molecule has 2 aliphatic rings. The third kappa shape index (κ3) is 13.9. The van der Waals surface area contributed by atoms with Gasteiger partial charge in [0.2, 0.25) is 0 Å². The minimum absolute atomic E-state index is 0.00595. The SMILES string of the molecule is CC(C)(C)OC(=O)CN(c1cc(CC(=O)OCC(=O)O[C@@H](Cc2c(Cl)c[n+]([O-])cc2Cl)c2ccc(OC(F)F)c(OCC3CC3)c2)ccc1OCC1CC1)S(=O)[O-]. The van der Waals surface area contributed by atoms with Gasteiger partial charge in [-0.1, -0.05) is 35.3 Å². The molecule has 19 heteroatoms. The molecule has 3 aromatic rings. The van der Waals surface area contributed by atoms with Crippen molar-refractivity contribution in [3.05, 3.63) is 80.7 Å². The molecule has 2 aliphatic carbocycles. The highest BCUT2D eigenvalue weighted by molar-refractivity contribution is 7.80. The van der Waals surface area contributed by atoms with Crippen molar-refractivity contribution in [2.75, 3.05) is 30.7 Å². The number of benzene rings is 2. The van der Waals surface area contributed by atoms with E-state index in [1.54, 1.807) is 20.8 Å². The molecule has 1 unspecified atom stereocenters. The van der Waals surface area contributed by atoms with Crippen LogP contribution >= 0.6 is 23.2 Å². The predicted molar refractivity (Wildman–Crippen MR) is 201 cm³/mol. The average Bonchev–Trinajstić information content (AvgIpc) is 4.05. The van der Waals surface area contributed by atoms with Crippen molar-refractivity contribution in [3.63, 3.8) is 0 Å². The van der Waals surface area contributed by atoms with Gasteiger partial charge >= 0.3 is 24.5 Å². The van der Waals surface area contributed by atoms with Gasteiger partial charge in [-0.05, 0) is 93.7 Å². The number of carbonyl (C=O) groups is 3. The van der Waals surface area contributed by atoms with Gasteiger partial charge in [-0.25, -0.2) is 4.79 Å². The van der Waals surface area contributed by atoms with Gasteiger partial charge in [0.1, 0.15) is 34.0 Å². The van der Waals surface area contributed by atoms with Gasteiger partial charge in [0.05, 0.1) is 25.3 Å². The van der Waals surface area contributed by atoms with Crippen LogP contribution in [-0.2, 0) is 52.7 Å². The summed E-state index contributed by atoms with van der Waals surface area (Å²) in [5, 5.41) is 11.8. The van der Waals surface area contributed by atoms with Crippen molar-refractivity contribution in [1.82, 2.24) is 0 Å². The van der Waals surface area contributed by atoms with E-state index in [4.69, 9.17) is 46.9 Å². The lowest BCUT2D eigenvalue weighted by atomic mass is 10.0. The van der Waals surface area contributed by atoms with Gasteiger partial charge < -0.3 is 38.2 Å². The molecule has 5 rings (SSSR count). The first kappa shape index (κ1) is 43.7. The number of esters is 3. The van der Waals surface area contributed by atoms with Crippen LogP contribution < -0.4 is 23.2 Å². The lowest BCUT2D eigenvalue weighted by molar-refractivity contribution is -0.605. The number of aromatic nitrogens is 1. The van der Waals surface area contributed by atoms with Crippen molar-refractivity contribution in [1.29, 1.82) is 0 Å². The smallest absolute Gasteiger partial charge is 0.387 e. The standard InChI is InChI=1S/C38H42Cl2F2N2O12S/c1-38(2,3)56-35(46)18-44(57(49)50)29-12-24(8-10-30(29)51-19-22-4-5-22)13-34(45)53-21-36(47)54-32(15-26-27(39)16-43(48)17-28(26)40)25-9-11-31(55-37(41)42)33(14-25)52-20-23-6-7-23/h8-12,14,16-17,22-23,32,37H,4-7,13,15,18-21H2,1-3H3,(H,49,50)/p-1/t32-/m0/s1. The Bertz CT molecular complexity index is 1940. The molecule has 2 aromatic carbocycles. The second-order valence-electron chi connectivity index (χ2n) is 14.5.